The van der Waals surface area contributed by atoms with Gasteiger partial charge in [0.2, 0.25) is 0 Å². The number of aromatic nitrogens is 2. The summed E-state index contributed by atoms with van der Waals surface area (Å²) in [5.74, 6) is 0.736. The Bertz CT molecular complexity index is 575. The molecule has 0 radical (unpaired) electrons. The lowest BCUT2D eigenvalue weighted by Crippen LogP contribution is -2.43. The van der Waals surface area contributed by atoms with Gasteiger partial charge >= 0.3 is 0 Å². The molecule has 5 heteroatoms. The molecule has 0 saturated carbocycles. The molecule has 1 fully saturated rings. The maximum absolute atomic E-state index is 5.36. The first kappa shape index (κ1) is 15.2. The molecule has 118 valence electrons. The third-order valence-corrected chi connectivity index (χ3v) is 4.34. The Kier molecular flexibility index (Phi) is 4.85. The van der Waals surface area contributed by atoms with E-state index in [0.717, 1.165) is 37.8 Å². The van der Waals surface area contributed by atoms with Crippen LogP contribution in [0.1, 0.15) is 30.0 Å². The van der Waals surface area contributed by atoms with Crippen molar-refractivity contribution >= 4 is 0 Å². The van der Waals surface area contributed by atoms with Gasteiger partial charge in [0.1, 0.15) is 6.26 Å². The van der Waals surface area contributed by atoms with Crippen molar-refractivity contribution in [2.45, 2.75) is 38.9 Å². The van der Waals surface area contributed by atoms with Crippen molar-refractivity contribution in [2.24, 2.45) is 0 Å². The van der Waals surface area contributed by atoms with Crippen molar-refractivity contribution in [3.8, 4) is 0 Å². The van der Waals surface area contributed by atoms with Crippen LogP contribution in [-0.4, -0.2) is 45.9 Å². The number of hydrogen-bond acceptors (Lipinski definition) is 5. The standard InChI is InChI=1S/C17H24N4O/c1-14-19-16(13-22-14)12-21(11-15-4-3-7-18-10-15)17-5-8-20(2)9-6-17/h3-4,7,10,13,17H,5-6,8-9,11-12H2,1-2H3. The van der Waals surface area contributed by atoms with E-state index in [4.69, 9.17) is 4.42 Å². The number of likely N-dealkylation sites (tertiary alicyclic amines) is 1. The molecule has 3 heterocycles. The van der Waals surface area contributed by atoms with Crippen molar-refractivity contribution in [3.05, 3.63) is 47.9 Å². The lowest BCUT2D eigenvalue weighted by molar-refractivity contribution is 0.107. The van der Waals surface area contributed by atoms with Crippen LogP contribution in [0, 0.1) is 6.92 Å². The second-order valence-electron chi connectivity index (χ2n) is 6.16. The molecule has 5 nitrogen and oxygen atoms in total. The van der Waals surface area contributed by atoms with Crippen molar-refractivity contribution in [1.82, 2.24) is 19.8 Å². The number of pyridine rings is 1. The minimum Gasteiger partial charge on any atom is -0.449 e. The van der Waals surface area contributed by atoms with E-state index in [0.29, 0.717) is 6.04 Å². The molecule has 0 aromatic carbocycles. The van der Waals surface area contributed by atoms with Gasteiger partial charge in [0.15, 0.2) is 5.89 Å². The van der Waals surface area contributed by atoms with Gasteiger partial charge in [-0.25, -0.2) is 4.98 Å². The van der Waals surface area contributed by atoms with Crippen LogP contribution in [0.2, 0.25) is 0 Å². The van der Waals surface area contributed by atoms with Gasteiger partial charge in [0, 0.05) is 38.4 Å². The third-order valence-electron chi connectivity index (χ3n) is 4.34. The zero-order valence-corrected chi connectivity index (χ0v) is 13.4. The van der Waals surface area contributed by atoms with Crippen molar-refractivity contribution < 1.29 is 4.42 Å². The zero-order chi connectivity index (χ0) is 15.4. The number of oxazole rings is 1. The SMILES string of the molecule is Cc1nc(CN(Cc2cccnc2)C2CCN(C)CC2)co1. The molecule has 0 N–H and O–H groups in total. The normalized spacial score (nSPS) is 17.2. The fraction of sp³-hybridized carbons (Fsp3) is 0.529. The van der Waals surface area contributed by atoms with Crippen molar-refractivity contribution in [3.63, 3.8) is 0 Å². The highest BCUT2D eigenvalue weighted by Crippen LogP contribution is 2.20. The Morgan fingerprint density at radius 1 is 1.32 bits per heavy atom. The van der Waals surface area contributed by atoms with Gasteiger partial charge in [0.25, 0.3) is 0 Å². The minimum atomic E-state index is 0.591. The summed E-state index contributed by atoms with van der Waals surface area (Å²) in [5, 5.41) is 0. The molecule has 1 aliphatic heterocycles. The van der Waals surface area contributed by atoms with Gasteiger partial charge in [-0.3, -0.25) is 9.88 Å². The van der Waals surface area contributed by atoms with E-state index in [9.17, 15) is 0 Å². The van der Waals surface area contributed by atoms with Crippen LogP contribution in [0.5, 0.6) is 0 Å². The summed E-state index contributed by atoms with van der Waals surface area (Å²) in [7, 11) is 2.20. The first-order valence-corrected chi connectivity index (χ1v) is 7.93. The Labute approximate surface area is 132 Å². The molecule has 0 amide bonds. The lowest BCUT2D eigenvalue weighted by atomic mass is 10.0. The van der Waals surface area contributed by atoms with Crippen LogP contribution in [0.3, 0.4) is 0 Å². The molecule has 2 aromatic rings. The molecule has 22 heavy (non-hydrogen) atoms. The Balaban J connectivity index is 1.72. The van der Waals surface area contributed by atoms with Gasteiger partial charge in [-0.15, -0.1) is 0 Å². The molecular weight excluding hydrogens is 276 g/mol. The predicted molar refractivity (Wildman–Crippen MR) is 85.2 cm³/mol. The highest BCUT2D eigenvalue weighted by Gasteiger charge is 2.24. The van der Waals surface area contributed by atoms with Crippen molar-refractivity contribution in [2.75, 3.05) is 20.1 Å². The topological polar surface area (TPSA) is 45.4 Å². The van der Waals surface area contributed by atoms with E-state index in [1.807, 2.05) is 25.4 Å². The number of nitrogens with zero attached hydrogens (tertiary/aromatic N) is 4. The molecule has 0 spiro atoms. The molecule has 1 saturated heterocycles. The number of piperidine rings is 1. The highest BCUT2D eigenvalue weighted by molar-refractivity contribution is 5.09. The average Bonchev–Trinajstić information content (AvgIpc) is 2.94. The molecule has 2 aromatic heterocycles. The van der Waals surface area contributed by atoms with Crippen LogP contribution >= 0.6 is 0 Å². The van der Waals surface area contributed by atoms with Crippen LogP contribution in [0.15, 0.2) is 35.2 Å². The minimum absolute atomic E-state index is 0.591. The Morgan fingerprint density at radius 2 is 2.14 bits per heavy atom. The monoisotopic (exact) mass is 300 g/mol. The molecule has 0 bridgehead atoms. The summed E-state index contributed by atoms with van der Waals surface area (Å²) < 4.78 is 5.36. The largest absolute Gasteiger partial charge is 0.449 e. The van der Waals surface area contributed by atoms with E-state index in [1.54, 1.807) is 6.26 Å². The summed E-state index contributed by atoms with van der Waals surface area (Å²) >= 11 is 0. The fourth-order valence-corrected chi connectivity index (χ4v) is 3.09. The van der Waals surface area contributed by atoms with Crippen LogP contribution in [-0.2, 0) is 13.1 Å². The molecule has 3 rings (SSSR count). The summed E-state index contributed by atoms with van der Waals surface area (Å²) in [6.07, 6.45) is 7.96. The number of aryl methyl sites for hydroxylation is 1. The summed E-state index contributed by atoms with van der Waals surface area (Å²) in [5.41, 5.74) is 2.27. The quantitative estimate of drug-likeness (QED) is 0.849. The van der Waals surface area contributed by atoms with Gasteiger partial charge < -0.3 is 9.32 Å². The van der Waals surface area contributed by atoms with Gasteiger partial charge in [-0.2, -0.15) is 0 Å². The maximum Gasteiger partial charge on any atom is 0.191 e. The predicted octanol–water partition coefficient (Wildman–Crippen LogP) is 2.47. The Hall–Kier alpha value is -1.72. The van der Waals surface area contributed by atoms with Gasteiger partial charge in [0.05, 0.1) is 5.69 Å². The van der Waals surface area contributed by atoms with E-state index in [-0.39, 0.29) is 0 Å². The van der Waals surface area contributed by atoms with E-state index >= 15 is 0 Å². The van der Waals surface area contributed by atoms with Gasteiger partial charge in [-0.05, 0) is 44.6 Å². The number of rotatable bonds is 5. The van der Waals surface area contributed by atoms with Crippen LogP contribution in [0.25, 0.3) is 0 Å². The van der Waals surface area contributed by atoms with Gasteiger partial charge in [-0.1, -0.05) is 6.07 Å². The first-order chi connectivity index (χ1) is 10.7. The van der Waals surface area contributed by atoms with Crippen LogP contribution in [0.4, 0.5) is 0 Å². The summed E-state index contributed by atoms with van der Waals surface area (Å²) in [6.45, 7) is 5.96. The molecule has 1 aliphatic rings. The molecule has 0 unspecified atom stereocenters. The third kappa shape index (κ3) is 3.93. The smallest absolute Gasteiger partial charge is 0.191 e. The first-order valence-electron chi connectivity index (χ1n) is 7.93. The van der Waals surface area contributed by atoms with E-state index in [1.165, 1.54) is 18.4 Å². The van der Waals surface area contributed by atoms with E-state index in [2.05, 4.69) is 32.9 Å². The molecule has 0 aliphatic carbocycles. The number of hydrogen-bond donors (Lipinski definition) is 0. The fourth-order valence-electron chi connectivity index (χ4n) is 3.09. The molecular formula is C17H24N4O. The van der Waals surface area contributed by atoms with Crippen molar-refractivity contribution in [1.29, 1.82) is 0 Å². The summed E-state index contributed by atoms with van der Waals surface area (Å²) in [6, 6.07) is 4.74. The van der Waals surface area contributed by atoms with E-state index < -0.39 is 0 Å². The second kappa shape index (κ2) is 7.03. The highest BCUT2D eigenvalue weighted by atomic mass is 16.3. The van der Waals surface area contributed by atoms with Crippen LogP contribution < -0.4 is 0 Å². The lowest BCUT2D eigenvalue weighted by Gasteiger charge is -2.37. The summed E-state index contributed by atoms with van der Waals surface area (Å²) in [4.78, 5) is 13.6. The second-order valence-corrected chi connectivity index (χ2v) is 6.16. The maximum atomic E-state index is 5.36. The molecule has 0 atom stereocenters. The zero-order valence-electron chi connectivity index (χ0n) is 13.4. The Morgan fingerprint density at radius 3 is 2.77 bits per heavy atom. The average molecular weight is 300 g/mol.